The minimum atomic E-state index is 0.664. The molecule has 94 valence electrons. The van der Waals surface area contributed by atoms with Crippen LogP contribution in [0.15, 0.2) is 34.7 Å². The van der Waals surface area contributed by atoms with Crippen molar-refractivity contribution in [3.63, 3.8) is 0 Å². The average Bonchev–Trinajstić information content (AvgIpc) is 2.76. The minimum Gasteiger partial charge on any atom is -0.494 e. The number of hydrogen-bond donors (Lipinski definition) is 1. The number of hydrogen-bond acceptors (Lipinski definition) is 5. The van der Waals surface area contributed by atoms with Gasteiger partial charge in [-0.15, -0.1) is 11.3 Å². The summed E-state index contributed by atoms with van der Waals surface area (Å²) >= 11 is 1.54. The van der Waals surface area contributed by atoms with E-state index in [2.05, 4.69) is 15.5 Å². The molecule has 2 aromatic rings. The molecule has 1 heterocycles. The van der Waals surface area contributed by atoms with Crippen molar-refractivity contribution in [2.45, 2.75) is 13.8 Å². The summed E-state index contributed by atoms with van der Waals surface area (Å²) in [5, 5.41) is 6.92. The van der Waals surface area contributed by atoms with Crippen LogP contribution in [-0.2, 0) is 0 Å². The molecule has 1 N–H and O–H groups in total. The molecule has 4 nitrogen and oxygen atoms in total. The Bertz CT molecular complexity index is 537. The fourth-order valence-corrected chi connectivity index (χ4v) is 2.06. The van der Waals surface area contributed by atoms with Gasteiger partial charge in [0.05, 0.1) is 18.5 Å². The van der Waals surface area contributed by atoms with Crippen molar-refractivity contribution >= 4 is 22.7 Å². The predicted molar refractivity (Wildman–Crippen MR) is 75.7 cm³/mol. The van der Waals surface area contributed by atoms with Gasteiger partial charge in [-0.05, 0) is 31.5 Å². The highest BCUT2D eigenvalue weighted by atomic mass is 32.1. The second kappa shape index (κ2) is 6.16. The van der Waals surface area contributed by atoms with Gasteiger partial charge < -0.3 is 4.74 Å². The van der Waals surface area contributed by atoms with E-state index in [1.165, 1.54) is 11.3 Å². The summed E-state index contributed by atoms with van der Waals surface area (Å²) in [5.74, 6) is 0.853. The van der Waals surface area contributed by atoms with Gasteiger partial charge in [0.2, 0.25) is 5.13 Å². The molecule has 0 saturated heterocycles. The number of nitrogens with one attached hydrogen (secondary N) is 1. The number of thiazole rings is 1. The van der Waals surface area contributed by atoms with E-state index in [1.807, 2.05) is 43.5 Å². The Morgan fingerprint density at radius 1 is 1.50 bits per heavy atom. The average molecular weight is 261 g/mol. The van der Waals surface area contributed by atoms with Gasteiger partial charge in [-0.25, -0.2) is 4.98 Å². The van der Waals surface area contributed by atoms with Gasteiger partial charge >= 0.3 is 0 Å². The Hall–Kier alpha value is -1.88. The van der Waals surface area contributed by atoms with Crippen molar-refractivity contribution in [1.29, 1.82) is 0 Å². The number of ether oxygens (including phenoxy) is 1. The van der Waals surface area contributed by atoms with Crippen LogP contribution in [0.25, 0.3) is 0 Å². The van der Waals surface area contributed by atoms with Gasteiger partial charge in [0.15, 0.2) is 0 Å². The highest BCUT2D eigenvalue weighted by Crippen LogP contribution is 2.14. The number of aromatic nitrogens is 1. The van der Waals surface area contributed by atoms with Crippen LogP contribution in [0.3, 0.4) is 0 Å². The largest absolute Gasteiger partial charge is 0.494 e. The fourth-order valence-electron chi connectivity index (χ4n) is 1.42. The van der Waals surface area contributed by atoms with Crippen LogP contribution < -0.4 is 10.2 Å². The Kier molecular flexibility index (Phi) is 4.30. The number of anilines is 1. The smallest absolute Gasteiger partial charge is 0.203 e. The fraction of sp³-hybridized carbons (Fsp3) is 0.231. The van der Waals surface area contributed by atoms with Crippen LogP contribution in [0.4, 0.5) is 5.13 Å². The first-order chi connectivity index (χ1) is 8.78. The van der Waals surface area contributed by atoms with E-state index >= 15 is 0 Å². The summed E-state index contributed by atoms with van der Waals surface area (Å²) in [5.41, 5.74) is 4.89. The van der Waals surface area contributed by atoms with Crippen LogP contribution >= 0.6 is 11.3 Å². The van der Waals surface area contributed by atoms with Gasteiger partial charge in [-0.3, -0.25) is 5.43 Å². The van der Waals surface area contributed by atoms with Crippen molar-refractivity contribution in [3.05, 3.63) is 40.9 Å². The van der Waals surface area contributed by atoms with E-state index in [-0.39, 0.29) is 0 Å². The highest BCUT2D eigenvalue weighted by Gasteiger charge is 1.95. The molecular weight excluding hydrogens is 246 g/mol. The van der Waals surface area contributed by atoms with Gasteiger partial charge in [-0.1, -0.05) is 12.1 Å². The molecule has 0 saturated carbocycles. The zero-order valence-corrected chi connectivity index (χ0v) is 11.2. The Labute approximate surface area is 110 Å². The minimum absolute atomic E-state index is 0.664. The summed E-state index contributed by atoms with van der Waals surface area (Å²) < 4.78 is 5.42. The lowest BCUT2D eigenvalue weighted by Crippen LogP contribution is -1.93. The van der Waals surface area contributed by atoms with Gasteiger partial charge in [0.1, 0.15) is 5.75 Å². The van der Waals surface area contributed by atoms with Crippen LogP contribution in [0, 0.1) is 6.92 Å². The maximum Gasteiger partial charge on any atom is 0.203 e. The third kappa shape index (κ3) is 3.56. The first-order valence-corrected chi connectivity index (χ1v) is 6.60. The van der Waals surface area contributed by atoms with E-state index in [9.17, 15) is 0 Å². The third-order valence-electron chi connectivity index (χ3n) is 2.16. The molecule has 0 fully saturated rings. The van der Waals surface area contributed by atoms with Crippen molar-refractivity contribution in [3.8, 4) is 5.75 Å². The van der Waals surface area contributed by atoms with E-state index in [1.54, 1.807) is 6.21 Å². The zero-order chi connectivity index (χ0) is 12.8. The summed E-state index contributed by atoms with van der Waals surface area (Å²) in [4.78, 5) is 4.26. The number of hydrazone groups is 1. The first-order valence-electron chi connectivity index (χ1n) is 5.72. The lowest BCUT2D eigenvalue weighted by Gasteiger charge is -2.02. The van der Waals surface area contributed by atoms with Crippen LogP contribution in [0.1, 0.15) is 18.2 Å². The number of rotatable bonds is 5. The summed E-state index contributed by atoms with van der Waals surface area (Å²) in [6.07, 6.45) is 1.75. The van der Waals surface area contributed by atoms with Gasteiger partial charge in [0.25, 0.3) is 0 Å². The molecule has 0 aliphatic carbocycles. The van der Waals surface area contributed by atoms with Crippen molar-refractivity contribution < 1.29 is 4.74 Å². The quantitative estimate of drug-likeness (QED) is 0.663. The lowest BCUT2D eigenvalue weighted by atomic mass is 10.2. The normalized spacial score (nSPS) is 10.8. The number of benzene rings is 1. The Balaban J connectivity index is 1.98. The van der Waals surface area contributed by atoms with Crippen LogP contribution in [0.5, 0.6) is 5.75 Å². The number of aryl methyl sites for hydroxylation is 1. The van der Waals surface area contributed by atoms with Crippen molar-refractivity contribution in [1.82, 2.24) is 4.98 Å². The zero-order valence-electron chi connectivity index (χ0n) is 10.4. The molecule has 5 heteroatoms. The van der Waals surface area contributed by atoms with Gasteiger partial charge in [-0.2, -0.15) is 5.10 Å². The maximum absolute atomic E-state index is 5.42. The van der Waals surface area contributed by atoms with E-state index in [0.29, 0.717) is 6.61 Å². The SMILES string of the molecule is CCOc1cccc(/C=N/Nc2nc(C)cs2)c1. The molecule has 2 rings (SSSR count). The highest BCUT2D eigenvalue weighted by molar-refractivity contribution is 7.13. The van der Waals surface area contributed by atoms with Crippen LogP contribution in [0.2, 0.25) is 0 Å². The molecule has 0 unspecified atom stereocenters. The summed E-state index contributed by atoms with van der Waals surface area (Å²) in [7, 11) is 0. The third-order valence-corrected chi connectivity index (χ3v) is 3.03. The first kappa shape index (κ1) is 12.6. The molecule has 0 bridgehead atoms. The maximum atomic E-state index is 5.42. The molecule has 0 radical (unpaired) electrons. The monoisotopic (exact) mass is 261 g/mol. The molecular formula is C13H15N3OS. The molecule has 1 aromatic heterocycles. The van der Waals surface area contributed by atoms with E-state index < -0.39 is 0 Å². The predicted octanol–water partition coefficient (Wildman–Crippen LogP) is 3.30. The topological polar surface area (TPSA) is 46.5 Å². The lowest BCUT2D eigenvalue weighted by molar-refractivity contribution is 0.340. The number of nitrogens with zero attached hydrogens (tertiary/aromatic N) is 2. The van der Waals surface area contributed by atoms with Crippen molar-refractivity contribution in [2.75, 3.05) is 12.0 Å². The molecule has 0 aliphatic heterocycles. The summed E-state index contributed by atoms with van der Waals surface area (Å²) in [6, 6.07) is 7.79. The van der Waals surface area contributed by atoms with Crippen molar-refractivity contribution in [2.24, 2.45) is 5.10 Å². The van der Waals surface area contributed by atoms with E-state index in [0.717, 1.165) is 22.1 Å². The summed E-state index contributed by atoms with van der Waals surface area (Å²) in [6.45, 7) is 4.58. The molecule has 0 aliphatic rings. The molecule has 1 aromatic carbocycles. The molecule has 0 atom stereocenters. The second-order valence-electron chi connectivity index (χ2n) is 3.67. The van der Waals surface area contributed by atoms with E-state index in [4.69, 9.17) is 4.74 Å². The Morgan fingerprint density at radius 3 is 3.11 bits per heavy atom. The molecule has 18 heavy (non-hydrogen) atoms. The van der Waals surface area contributed by atoms with Crippen LogP contribution in [-0.4, -0.2) is 17.8 Å². The standard InChI is InChI=1S/C13H15N3OS/c1-3-17-12-6-4-5-11(7-12)8-14-16-13-15-10(2)9-18-13/h4-9H,3H2,1-2H3,(H,15,16)/b14-8+. The Morgan fingerprint density at radius 2 is 2.39 bits per heavy atom. The second-order valence-corrected chi connectivity index (χ2v) is 4.53. The molecule has 0 amide bonds. The molecule has 0 spiro atoms. The van der Waals surface area contributed by atoms with Gasteiger partial charge in [0, 0.05) is 5.38 Å².